The molecule has 0 aromatic heterocycles. The van der Waals surface area contributed by atoms with Gasteiger partial charge in [0, 0.05) is 0 Å². The van der Waals surface area contributed by atoms with Crippen LogP contribution in [-0.4, -0.2) is 21.5 Å². The van der Waals surface area contributed by atoms with Gasteiger partial charge in [-0.1, -0.05) is 42.5 Å². The van der Waals surface area contributed by atoms with Gasteiger partial charge in [-0.2, -0.15) is 5.26 Å². The maximum absolute atomic E-state index is 12.6. The number of nitriles is 1. The van der Waals surface area contributed by atoms with Crippen molar-refractivity contribution in [2.45, 2.75) is 11.5 Å². The van der Waals surface area contributed by atoms with Crippen LogP contribution in [-0.2, 0) is 21.2 Å². The Morgan fingerprint density at radius 2 is 1.61 bits per heavy atom. The Labute approximate surface area is 180 Å². The number of methoxy groups -OCH3 is 1. The largest absolute Gasteiger partial charge is 0.489 e. The number of carbonyl (C=O) groups excluding carboxylic acids is 1. The summed E-state index contributed by atoms with van der Waals surface area (Å²) in [4.78, 5) is 11.2. The number of ether oxygens (including phenoxy) is 2. The first kappa shape index (κ1) is 21.8. The van der Waals surface area contributed by atoms with Crippen molar-refractivity contribution in [3.63, 3.8) is 0 Å². The van der Waals surface area contributed by atoms with Gasteiger partial charge in [-0.25, -0.2) is 13.2 Å². The van der Waals surface area contributed by atoms with Crippen molar-refractivity contribution >= 4 is 21.9 Å². The van der Waals surface area contributed by atoms with Crippen LogP contribution in [0.5, 0.6) is 5.75 Å². The van der Waals surface area contributed by atoms with Crippen LogP contribution >= 0.6 is 0 Å². The lowest BCUT2D eigenvalue weighted by Crippen LogP contribution is -2.03. The van der Waals surface area contributed by atoms with Gasteiger partial charge in [0.1, 0.15) is 23.3 Å². The fourth-order valence-electron chi connectivity index (χ4n) is 2.73. The molecule has 0 unspecified atom stereocenters. The molecule has 0 aliphatic carbocycles. The maximum atomic E-state index is 12.6. The third kappa shape index (κ3) is 5.38. The molecule has 0 heterocycles. The zero-order chi connectivity index (χ0) is 22.3. The molecule has 0 atom stereocenters. The third-order valence-electron chi connectivity index (χ3n) is 4.41. The van der Waals surface area contributed by atoms with Gasteiger partial charge in [0.15, 0.2) is 0 Å². The zero-order valence-electron chi connectivity index (χ0n) is 16.7. The highest BCUT2D eigenvalue weighted by molar-refractivity contribution is 7.95. The van der Waals surface area contributed by atoms with Gasteiger partial charge < -0.3 is 9.47 Å². The lowest BCUT2D eigenvalue weighted by atomic mass is 10.1. The molecule has 31 heavy (non-hydrogen) atoms. The highest BCUT2D eigenvalue weighted by Crippen LogP contribution is 2.22. The first-order chi connectivity index (χ1) is 14.9. The van der Waals surface area contributed by atoms with Gasteiger partial charge in [0.05, 0.1) is 17.6 Å². The normalized spacial score (nSPS) is 11.4. The highest BCUT2D eigenvalue weighted by Gasteiger charge is 2.20. The summed E-state index contributed by atoms with van der Waals surface area (Å²) in [5.41, 5.74) is 1.89. The van der Waals surface area contributed by atoms with Crippen molar-refractivity contribution in [3.8, 4) is 11.8 Å². The minimum absolute atomic E-state index is 0.0703. The van der Waals surface area contributed by atoms with E-state index in [0.717, 1.165) is 5.56 Å². The van der Waals surface area contributed by atoms with Crippen molar-refractivity contribution in [2.24, 2.45) is 0 Å². The molecule has 0 spiro atoms. The van der Waals surface area contributed by atoms with Gasteiger partial charge in [-0.15, -0.1) is 0 Å². The van der Waals surface area contributed by atoms with Crippen LogP contribution in [0.1, 0.15) is 21.5 Å². The topological polar surface area (TPSA) is 93.5 Å². The lowest BCUT2D eigenvalue weighted by Gasteiger charge is -2.08. The van der Waals surface area contributed by atoms with E-state index in [1.54, 1.807) is 72.8 Å². The first-order valence-electron chi connectivity index (χ1n) is 9.26. The highest BCUT2D eigenvalue weighted by atomic mass is 32.2. The van der Waals surface area contributed by atoms with Crippen molar-refractivity contribution in [2.75, 3.05) is 7.11 Å². The standard InChI is InChI=1S/C24H19NO5S/c1-29-24(26)20-11-7-19(8-12-20)17-30-21-13-9-18(10-14-21)15-23(16-25)31(27,28)22-5-3-2-4-6-22/h2-15H,17H2,1H3. The SMILES string of the molecule is COC(=O)c1ccc(COc2ccc(C=C(C#N)S(=O)(=O)c3ccccc3)cc2)cc1. The van der Waals surface area contributed by atoms with E-state index in [2.05, 4.69) is 4.74 Å². The fourth-order valence-corrected chi connectivity index (χ4v) is 3.91. The molecule has 0 radical (unpaired) electrons. The molecule has 0 aliphatic heterocycles. The fraction of sp³-hybridized carbons (Fsp3) is 0.0833. The van der Waals surface area contributed by atoms with E-state index in [-0.39, 0.29) is 9.80 Å². The number of carbonyl (C=O) groups is 1. The Kier molecular flexibility index (Phi) is 6.85. The minimum Gasteiger partial charge on any atom is -0.489 e. The Hall–Kier alpha value is -3.89. The molecule has 7 heteroatoms. The average molecular weight is 433 g/mol. The van der Waals surface area contributed by atoms with E-state index in [0.29, 0.717) is 23.5 Å². The minimum atomic E-state index is -3.88. The van der Waals surface area contributed by atoms with Gasteiger partial charge >= 0.3 is 5.97 Å². The summed E-state index contributed by atoms with van der Waals surface area (Å²) in [7, 11) is -2.55. The Bertz CT molecular complexity index is 1220. The van der Waals surface area contributed by atoms with E-state index in [4.69, 9.17) is 4.74 Å². The van der Waals surface area contributed by atoms with Crippen LogP contribution < -0.4 is 4.74 Å². The maximum Gasteiger partial charge on any atom is 0.337 e. The summed E-state index contributed by atoms with van der Waals surface area (Å²) >= 11 is 0. The van der Waals surface area contributed by atoms with Gasteiger partial charge in [-0.05, 0) is 53.6 Å². The number of nitrogens with zero attached hydrogens (tertiary/aromatic N) is 1. The molecule has 0 saturated carbocycles. The number of benzene rings is 3. The molecule has 6 nitrogen and oxygen atoms in total. The number of hydrogen-bond acceptors (Lipinski definition) is 6. The molecule has 0 saturated heterocycles. The van der Waals surface area contributed by atoms with Crippen LogP contribution in [0.25, 0.3) is 6.08 Å². The molecular weight excluding hydrogens is 414 g/mol. The van der Waals surface area contributed by atoms with Crippen molar-refractivity contribution < 1.29 is 22.7 Å². The zero-order valence-corrected chi connectivity index (χ0v) is 17.5. The van der Waals surface area contributed by atoms with Crippen LogP contribution in [0, 0.1) is 11.3 Å². The summed E-state index contributed by atoms with van der Waals surface area (Å²) < 4.78 is 35.7. The molecule has 3 aromatic carbocycles. The summed E-state index contributed by atoms with van der Waals surface area (Å²) in [5, 5.41) is 9.37. The molecule has 156 valence electrons. The van der Waals surface area contributed by atoms with E-state index in [9.17, 15) is 18.5 Å². The van der Waals surface area contributed by atoms with Gasteiger partial charge in [0.2, 0.25) is 9.84 Å². The Balaban J connectivity index is 1.69. The number of allylic oxidation sites excluding steroid dienone is 1. The van der Waals surface area contributed by atoms with Crippen molar-refractivity contribution in [1.29, 1.82) is 5.26 Å². The second kappa shape index (κ2) is 9.74. The smallest absolute Gasteiger partial charge is 0.337 e. The number of hydrogen-bond donors (Lipinski definition) is 0. The Morgan fingerprint density at radius 3 is 2.19 bits per heavy atom. The summed E-state index contributed by atoms with van der Waals surface area (Å²) in [6, 6.07) is 23.2. The number of rotatable bonds is 7. The predicted molar refractivity (Wildman–Crippen MR) is 116 cm³/mol. The summed E-state index contributed by atoms with van der Waals surface area (Å²) in [5.74, 6) is 0.181. The van der Waals surface area contributed by atoms with Crippen LogP contribution in [0.4, 0.5) is 0 Å². The number of esters is 1. The van der Waals surface area contributed by atoms with Gasteiger partial charge in [0.25, 0.3) is 0 Å². The van der Waals surface area contributed by atoms with Crippen molar-refractivity contribution in [3.05, 3.63) is 100 Å². The van der Waals surface area contributed by atoms with Crippen molar-refractivity contribution in [1.82, 2.24) is 0 Å². The molecule has 0 N–H and O–H groups in total. The molecule has 3 aromatic rings. The molecule has 0 fully saturated rings. The average Bonchev–Trinajstić information content (AvgIpc) is 2.82. The molecule has 0 amide bonds. The van der Waals surface area contributed by atoms with Crippen LogP contribution in [0.15, 0.2) is 88.7 Å². The summed E-state index contributed by atoms with van der Waals surface area (Å²) in [6.45, 7) is 0.294. The lowest BCUT2D eigenvalue weighted by molar-refractivity contribution is 0.0600. The van der Waals surface area contributed by atoms with E-state index >= 15 is 0 Å². The third-order valence-corrected chi connectivity index (χ3v) is 6.09. The molecule has 0 bridgehead atoms. The van der Waals surface area contributed by atoms with Crippen LogP contribution in [0.3, 0.4) is 0 Å². The number of sulfone groups is 1. The van der Waals surface area contributed by atoms with Gasteiger partial charge in [-0.3, -0.25) is 0 Å². The second-order valence-corrected chi connectivity index (χ2v) is 8.40. The molecular formula is C24H19NO5S. The Morgan fingerprint density at radius 1 is 0.968 bits per heavy atom. The van der Waals surface area contributed by atoms with Crippen LogP contribution in [0.2, 0.25) is 0 Å². The molecule has 3 rings (SSSR count). The first-order valence-corrected chi connectivity index (χ1v) is 10.7. The predicted octanol–water partition coefficient (Wildman–Crippen LogP) is 4.39. The van der Waals surface area contributed by atoms with E-state index in [1.165, 1.54) is 25.3 Å². The monoisotopic (exact) mass is 433 g/mol. The quantitative estimate of drug-likeness (QED) is 0.405. The van der Waals surface area contributed by atoms with E-state index in [1.807, 2.05) is 0 Å². The van der Waals surface area contributed by atoms with E-state index < -0.39 is 15.8 Å². The molecule has 0 aliphatic rings. The second-order valence-electron chi connectivity index (χ2n) is 6.48. The summed E-state index contributed by atoms with van der Waals surface area (Å²) in [6.07, 6.45) is 1.33.